The molecule has 0 bridgehead atoms. The van der Waals surface area contributed by atoms with Crippen LogP contribution in [-0.2, 0) is 10.0 Å². The lowest BCUT2D eigenvalue weighted by atomic mass is 10.0. The van der Waals surface area contributed by atoms with Gasteiger partial charge < -0.3 is 5.11 Å². The minimum Gasteiger partial charge on any atom is -0.394 e. The number of aliphatic hydroxyl groups is 1. The van der Waals surface area contributed by atoms with Crippen LogP contribution in [0.4, 0.5) is 0 Å². The molecule has 1 rings (SSSR count). The number of hydrogen-bond acceptors (Lipinski definition) is 3. The Labute approximate surface area is 124 Å². The van der Waals surface area contributed by atoms with Gasteiger partial charge in [-0.3, -0.25) is 0 Å². The molecule has 0 aromatic heterocycles. The van der Waals surface area contributed by atoms with Gasteiger partial charge in [-0.2, -0.15) is 0 Å². The summed E-state index contributed by atoms with van der Waals surface area (Å²) < 4.78 is 28.2. The van der Waals surface area contributed by atoms with Gasteiger partial charge in [-0.25, -0.2) is 13.1 Å². The lowest BCUT2D eigenvalue weighted by molar-refractivity contribution is 0.191. The molecule has 0 radical (unpaired) electrons. The van der Waals surface area contributed by atoms with Gasteiger partial charge in [-0.1, -0.05) is 22.9 Å². The van der Waals surface area contributed by atoms with E-state index in [1.165, 1.54) is 6.07 Å². The number of hydrogen-bond donors (Lipinski definition) is 2. The zero-order valence-electron chi connectivity index (χ0n) is 10.1. The summed E-state index contributed by atoms with van der Waals surface area (Å²) in [7, 11) is -3.67. The molecular weight excluding hydrogens is 386 g/mol. The molecule has 0 aliphatic heterocycles. The van der Waals surface area contributed by atoms with E-state index in [4.69, 9.17) is 0 Å². The molecule has 0 aliphatic rings. The van der Waals surface area contributed by atoms with Gasteiger partial charge in [-0.15, -0.1) is 0 Å². The summed E-state index contributed by atoms with van der Waals surface area (Å²) in [6, 6.07) is 4.82. The van der Waals surface area contributed by atoms with Gasteiger partial charge in [-0.05, 0) is 47.5 Å². The summed E-state index contributed by atoms with van der Waals surface area (Å²) >= 11 is 6.49. The van der Waals surface area contributed by atoms with Crippen molar-refractivity contribution in [2.75, 3.05) is 6.61 Å². The lowest BCUT2D eigenvalue weighted by Crippen LogP contribution is -2.48. The molecule has 4 nitrogen and oxygen atoms in total. The van der Waals surface area contributed by atoms with Crippen molar-refractivity contribution in [3.05, 3.63) is 27.1 Å². The van der Waals surface area contributed by atoms with E-state index in [0.717, 1.165) is 4.47 Å². The van der Waals surface area contributed by atoms with Crippen LogP contribution in [0.3, 0.4) is 0 Å². The van der Waals surface area contributed by atoms with E-state index < -0.39 is 15.6 Å². The number of nitrogens with one attached hydrogen (secondary N) is 1. The molecule has 0 aliphatic carbocycles. The van der Waals surface area contributed by atoms with E-state index in [9.17, 15) is 13.5 Å². The summed E-state index contributed by atoms with van der Waals surface area (Å²) in [4.78, 5) is 0.152. The lowest BCUT2D eigenvalue weighted by Gasteiger charge is -2.27. The van der Waals surface area contributed by atoms with E-state index in [-0.39, 0.29) is 11.5 Å². The van der Waals surface area contributed by atoms with Crippen LogP contribution in [0.2, 0.25) is 0 Å². The van der Waals surface area contributed by atoms with E-state index in [2.05, 4.69) is 36.6 Å². The number of aliphatic hydroxyl groups excluding tert-OH is 1. The maximum Gasteiger partial charge on any atom is 0.242 e. The largest absolute Gasteiger partial charge is 0.394 e. The van der Waals surface area contributed by atoms with Crippen LogP contribution >= 0.6 is 31.9 Å². The van der Waals surface area contributed by atoms with Crippen molar-refractivity contribution in [1.29, 1.82) is 0 Å². The third-order valence-corrected chi connectivity index (χ3v) is 5.80. The molecule has 0 heterocycles. The Balaban J connectivity index is 3.15. The maximum atomic E-state index is 12.2. The summed E-state index contributed by atoms with van der Waals surface area (Å²) in [5.74, 6) is 0. The van der Waals surface area contributed by atoms with Crippen molar-refractivity contribution in [2.24, 2.45) is 0 Å². The number of halogens is 2. The Hall–Kier alpha value is 0.0500. The van der Waals surface area contributed by atoms with Crippen LogP contribution in [0.5, 0.6) is 0 Å². The highest BCUT2D eigenvalue weighted by Gasteiger charge is 2.29. The molecule has 0 saturated heterocycles. The second kappa shape index (κ2) is 6.00. The zero-order valence-corrected chi connectivity index (χ0v) is 14.1. The predicted octanol–water partition coefficient (Wildman–Crippen LogP) is 2.65. The minimum atomic E-state index is -3.67. The van der Waals surface area contributed by atoms with Crippen molar-refractivity contribution in [1.82, 2.24) is 4.72 Å². The number of rotatable bonds is 5. The summed E-state index contributed by atoms with van der Waals surface area (Å²) in [5, 5.41) is 9.26. The summed E-state index contributed by atoms with van der Waals surface area (Å²) in [6.45, 7) is 3.23. The Morgan fingerprint density at radius 1 is 1.39 bits per heavy atom. The highest BCUT2D eigenvalue weighted by atomic mass is 79.9. The van der Waals surface area contributed by atoms with Crippen molar-refractivity contribution in [3.8, 4) is 0 Å². The van der Waals surface area contributed by atoms with Gasteiger partial charge in [0.25, 0.3) is 0 Å². The standard InChI is InChI=1S/C11H15Br2NO3S/c1-3-11(2,7-15)14-18(16,17)10-5-4-8(12)6-9(10)13/h4-6,14-15H,3,7H2,1-2H3. The first-order chi connectivity index (χ1) is 8.24. The average molecular weight is 401 g/mol. The monoisotopic (exact) mass is 399 g/mol. The van der Waals surface area contributed by atoms with Gasteiger partial charge >= 0.3 is 0 Å². The minimum absolute atomic E-state index is 0.152. The van der Waals surface area contributed by atoms with Crippen LogP contribution in [0.25, 0.3) is 0 Å². The van der Waals surface area contributed by atoms with Crippen molar-refractivity contribution in [3.63, 3.8) is 0 Å². The van der Waals surface area contributed by atoms with Crippen LogP contribution < -0.4 is 4.72 Å². The number of sulfonamides is 1. The predicted molar refractivity (Wildman–Crippen MR) is 77.9 cm³/mol. The second-order valence-corrected chi connectivity index (χ2v) is 7.67. The Morgan fingerprint density at radius 2 is 2.00 bits per heavy atom. The smallest absolute Gasteiger partial charge is 0.242 e. The normalized spacial score (nSPS) is 15.4. The average Bonchev–Trinajstić information content (AvgIpc) is 2.27. The molecule has 1 unspecified atom stereocenters. The highest BCUT2D eigenvalue weighted by Crippen LogP contribution is 2.26. The van der Waals surface area contributed by atoms with Crippen molar-refractivity contribution >= 4 is 41.9 Å². The van der Waals surface area contributed by atoms with Gasteiger partial charge in [0.1, 0.15) is 0 Å². The fourth-order valence-electron chi connectivity index (χ4n) is 1.29. The van der Waals surface area contributed by atoms with Crippen molar-refractivity contribution < 1.29 is 13.5 Å². The Bertz CT molecular complexity index is 527. The molecule has 2 N–H and O–H groups in total. The van der Waals surface area contributed by atoms with Crippen LogP contribution in [-0.4, -0.2) is 25.7 Å². The Morgan fingerprint density at radius 3 is 2.44 bits per heavy atom. The van der Waals surface area contributed by atoms with E-state index in [1.807, 2.05) is 6.92 Å². The van der Waals surface area contributed by atoms with Gasteiger partial charge in [0, 0.05) is 8.95 Å². The molecule has 0 fully saturated rings. The summed E-state index contributed by atoms with van der Waals surface area (Å²) in [5.41, 5.74) is -0.856. The quantitative estimate of drug-likeness (QED) is 0.798. The first kappa shape index (κ1) is 16.1. The van der Waals surface area contributed by atoms with Gasteiger partial charge in [0.2, 0.25) is 10.0 Å². The SMILES string of the molecule is CCC(C)(CO)NS(=O)(=O)c1ccc(Br)cc1Br. The van der Waals surface area contributed by atoms with E-state index in [0.29, 0.717) is 10.9 Å². The molecular formula is C11H15Br2NO3S. The maximum absolute atomic E-state index is 12.2. The topological polar surface area (TPSA) is 66.4 Å². The molecule has 102 valence electrons. The molecule has 7 heteroatoms. The number of benzene rings is 1. The molecule has 1 aromatic carbocycles. The molecule has 0 amide bonds. The first-order valence-corrected chi connectivity index (χ1v) is 8.41. The van der Waals surface area contributed by atoms with Crippen molar-refractivity contribution in [2.45, 2.75) is 30.7 Å². The first-order valence-electron chi connectivity index (χ1n) is 5.34. The molecule has 0 spiro atoms. The highest BCUT2D eigenvalue weighted by molar-refractivity contribution is 9.11. The fourth-order valence-corrected chi connectivity index (χ4v) is 4.51. The zero-order chi connectivity index (χ0) is 14.0. The molecule has 18 heavy (non-hydrogen) atoms. The van der Waals surface area contributed by atoms with Crippen LogP contribution in [0.15, 0.2) is 32.0 Å². The van der Waals surface area contributed by atoms with Crippen LogP contribution in [0.1, 0.15) is 20.3 Å². The van der Waals surface area contributed by atoms with Crippen LogP contribution in [0, 0.1) is 0 Å². The van der Waals surface area contributed by atoms with E-state index in [1.54, 1.807) is 19.1 Å². The molecule has 1 atom stereocenters. The fraction of sp³-hybridized carbons (Fsp3) is 0.455. The van der Waals surface area contributed by atoms with Gasteiger partial charge in [0.15, 0.2) is 0 Å². The second-order valence-electron chi connectivity index (χ2n) is 4.25. The summed E-state index contributed by atoms with van der Waals surface area (Å²) in [6.07, 6.45) is 0.497. The third kappa shape index (κ3) is 3.77. The third-order valence-electron chi connectivity index (χ3n) is 2.69. The Kier molecular flexibility index (Phi) is 5.37. The molecule has 0 saturated carbocycles. The van der Waals surface area contributed by atoms with Gasteiger partial charge in [0.05, 0.1) is 17.0 Å². The van der Waals surface area contributed by atoms with E-state index >= 15 is 0 Å². The molecule has 1 aromatic rings.